The summed E-state index contributed by atoms with van der Waals surface area (Å²) < 4.78 is 4.37. The van der Waals surface area contributed by atoms with Gasteiger partial charge in [0.2, 0.25) is 0 Å². The zero-order chi connectivity index (χ0) is 13.3. The number of nitrogens with one attached hydrogen (secondary N) is 1. The molecule has 0 heterocycles. The standard InChI is InChI=1S/C10H14N2O5/c1-3-6-12(7-8(13)14)10(16)11-5-4-9(15)17-2/h1H,4-7H2,2H3,(H,11,16)(H,13,14). The zero-order valence-electron chi connectivity index (χ0n) is 9.43. The van der Waals surface area contributed by atoms with Gasteiger partial charge in [0, 0.05) is 6.54 Å². The lowest BCUT2D eigenvalue weighted by molar-refractivity contribution is -0.140. The molecule has 0 fully saturated rings. The number of ether oxygens (including phenoxy) is 1. The predicted molar refractivity (Wildman–Crippen MR) is 58.1 cm³/mol. The Balaban J connectivity index is 4.10. The van der Waals surface area contributed by atoms with Crippen molar-refractivity contribution in [3.05, 3.63) is 0 Å². The van der Waals surface area contributed by atoms with Crippen LogP contribution in [0.2, 0.25) is 0 Å². The number of rotatable bonds is 6. The van der Waals surface area contributed by atoms with E-state index in [1.54, 1.807) is 0 Å². The van der Waals surface area contributed by atoms with E-state index in [4.69, 9.17) is 11.5 Å². The van der Waals surface area contributed by atoms with Gasteiger partial charge in [0.15, 0.2) is 0 Å². The molecular formula is C10H14N2O5. The number of carboxylic acid groups (broad SMARTS) is 1. The Bertz CT molecular complexity index is 334. The third-order valence-corrected chi connectivity index (χ3v) is 1.73. The van der Waals surface area contributed by atoms with Crippen molar-refractivity contribution in [2.75, 3.05) is 26.7 Å². The van der Waals surface area contributed by atoms with Crippen molar-refractivity contribution in [1.29, 1.82) is 0 Å². The Kier molecular flexibility index (Phi) is 6.94. The Labute approximate surface area is 98.7 Å². The van der Waals surface area contributed by atoms with Crippen LogP contribution in [0.4, 0.5) is 4.79 Å². The van der Waals surface area contributed by atoms with Crippen molar-refractivity contribution in [3.63, 3.8) is 0 Å². The van der Waals surface area contributed by atoms with Crippen molar-refractivity contribution in [3.8, 4) is 12.3 Å². The molecule has 17 heavy (non-hydrogen) atoms. The molecule has 0 aromatic carbocycles. The highest BCUT2D eigenvalue weighted by atomic mass is 16.5. The molecule has 0 atom stereocenters. The number of carbonyl (C=O) groups excluding carboxylic acids is 2. The van der Waals surface area contributed by atoms with Crippen molar-refractivity contribution >= 4 is 18.0 Å². The molecule has 0 radical (unpaired) electrons. The summed E-state index contributed by atoms with van der Waals surface area (Å²) in [5.41, 5.74) is 0. The Morgan fingerprint density at radius 2 is 2.12 bits per heavy atom. The first-order chi connectivity index (χ1) is 8.01. The van der Waals surface area contributed by atoms with Crippen molar-refractivity contribution < 1.29 is 24.2 Å². The second-order valence-corrected chi connectivity index (χ2v) is 3.01. The van der Waals surface area contributed by atoms with E-state index in [1.807, 2.05) is 0 Å². The van der Waals surface area contributed by atoms with E-state index in [9.17, 15) is 14.4 Å². The summed E-state index contributed by atoms with van der Waals surface area (Å²) in [5.74, 6) is 0.545. The van der Waals surface area contributed by atoms with Crippen LogP contribution >= 0.6 is 0 Å². The number of methoxy groups -OCH3 is 1. The molecule has 94 valence electrons. The molecule has 0 saturated heterocycles. The number of hydrogen-bond donors (Lipinski definition) is 2. The van der Waals surface area contributed by atoms with Crippen LogP contribution in [0, 0.1) is 12.3 Å². The fraction of sp³-hybridized carbons (Fsp3) is 0.500. The van der Waals surface area contributed by atoms with Gasteiger partial charge in [0.05, 0.1) is 20.1 Å². The molecule has 2 N–H and O–H groups in total. The molecule has 0 aromatic heterocycles. The molecule has 0 spiro atoms. The lowest BCUT2D eigenvalue weighted by Gasteiger charge is -2.18. The molecule has 0 aliphatic rings. The SMILES string of the molecule is C#CCN(CC(=O)O)C(=O)NCCC(=O)OC. The topological polar surface area (TPSA) is 95.9 Å². The van der Waals surface area contributed by atoms with Gasteiger partial charge in [-0.05, 0) is 0 Å². The van der Waals surface area contributed by atoms with Crippen LogP contribution in [0.1, 0.15) is 6.42 Å². The average molecular weight is 242 g/mol. The number of carboxylic acids is 1. The first-order valence-corrected chi connectivity index (χ1v) is 4.76. The van der Waals surface area contributed by atoms with E-state index in [-0.39, 0.29) is 19.5 Å². The van der Waals surface area contributed by atoms with E-state index >= 15 is 0 Å². The Hall–Kier alpha value is -2.23. The second kappa shape index (κ2) is 7.98. The molecule has 0 aliphatic heterocycles. The number of terminal acetylenes is 1. The largest absolute Gasteiger partial charge is 0.480 e. The number of carbonyl (C=O) groups is 3. The Morgan fingerprint density at radius 3 is 2.59 bits per heavy atom. The van der Waals surface area contributed by atoms with Crippen molar-refractivity contribution in [1.82, 2.24) is 10.2 Å². The maximum absolute atomic E-state index is 11.4. The number of hydrogen-bond acceptors (Lipinski definition) is 4. The number of esters is 1. The number of aliphatic carboxylic acids is 1. The summed E-state index contributed by atoms with van der Waals surface area (Å²) in [6.45, 7) is -0.545. The smallest absolute Gasteiger partial charge is 0.323 e. The average Bonchev–Trinajstić information content (AvgIpc) is 2.27. The van der Waals surface area contributed by atoms with Crippen LogP contribution in [0.15, 0.2) is 0 Å². The fourth-order valence-corrected chi connectivity index (χ4v) is 0.958. The van der Waals surface area contributed by atoms with Crippen LogP contribution in [0.5, 0.6) is 0 Å². The molecule has 0 saturated carbocycles. The molecule has 0 unspecified atom stereocenters. The summed E-state index contributed by atoms with van der Waals surface area (Å²) in [4.78, 5) is 33.6. The third-order valence-electron chi connectivity index (χ3n) is 1.73. The second-order valence-electron chi connectivity index (χ2n) is 3.01. The molecular weight excluding hydrogens is 228 g/mol. The molecule has 0 rings (SSSR count). The van der Waals surface area contributed by atoms with Crippen LogP contribution < -0.4 is 5.32 Å². The maximum Gasteiger partial charge on any atom is 0.323 e. The number of amides is 2. The van der Waals surface area contributed by atoms with Crippen molar-refractivity contribution in [2.24, 2.45) is 0 Å². The van der Waals surface area contributed by atoms with Crippen LogP contribution in [-0.2, 0) is 14.3 Å². The van der Waals surface area contributed by atoms with E-state index in [0.717, 1.165) is 4.90 Å². The van der Waals surface area contributed by atoms with E-state index < -0.39 is 24.5 Å². The van der Waals surface area contributed by atoms with Crippen LogP contribution in [-0.4, -0.2) is 54.7 Å². The molecule has 0 aliphatic carbocycles. The van der Waals surface area contributed by atoms with Gasteiger partial charge in [-0.15, -0.1) is 6.42 Å². The zero-order valence-corrected chi connectivity index (χ0v) is 9.43. The lowest BCUT2D eigenvalue weighted by atomic mass is 10.4. The number of nitrogens with zero attached hydrogens (tertiary/aromatic N) is 1. The molecule has 7 nitrogen and oxygen atoms in total. The van der Waals surface area contributed by atoms with Gasteiger partial charge in [-0.2, -0.15) is 0 Å². The third kappa shape index (κ3) is 6.78. The monoisotopic (exact) mass is 242 g/mol. The van der Waals surface area contributed by atoms with E-state index in [1.165, 1.54) is 7.11 Å². The van der Waals surface area contributed by atoms with Crippen molar-refractivity contribution in [2.45, 2.75) is 6.42 Å². The summed E-state index contributed by atoms with van der Waals surface area (Å²) in [5, 5.41) is 10.9. The van der Waals surface area contributed by atoms with Gasteiger partial charge < -0.3 is 20.1 Å². The lowest BCUT2D eigenvalue weighted by Crippen LogP contribution is -2.43. The minimum atomic E-state index is -1.16. The summed E-state index contributed by atoms with van der Waals surface area (Å²) >= 11 is 0. The van der Waals surface area contributed by atoms with Crippen LogP contribution in [0.3, 0.4) is 0 Å². The highest BCUT2D eigenvalue weighted by molar-refractivity contribution is 5.80. The summed E-state index contributed by atoms with van der Waals surface area (Å²) in [6, 6.07) is -0.630. The minimum absolute atomic E-state index is 0.0131. The normalized spacial score (nSPS) is 8.94. The van der Waals surface area contributed by atoms with E-state index in [0.29, 0.717) is 0 Å². The highest BCUT2D eigenvalue weighted by Crippen LogP contribution is 1.90. The van der Waals surface area contributed by atoms with Gasteiger partial charge in [-0.1, -0.05) is 5.92 Å². The van der Waals surface area contributed by atoms with Gasteiger partial charge in [0.1, 0.15) is 6.54 Å². The maximum atomic E-state index is 11.4. The molecule has 2 amide bonds. The molecule has 7 heteroatoms. The number of urea groups is 1. The fourth-order valence-electron chi connectivity index (χ4n) is 0.958. The van der Waals surface area contributed by atoms with Gasteiger partial charge in [0.25, 0.3) is 0 Å². The first-order valence-electron chi connectivity index (χ1n) is 4.76. The highest BCUT2D eigenvalue weighted by Gasteiger charge is 2.15. The Morgan fingerprint density at radius 1 is 1.47 bits per heavy atom. The van der Waals surface area contributed by atoms with Gasteiger partial charge in [-0.3, -0.25) is 9.59 Å². The predicted octanol–water partition coefficient (Wildman–Crippen LogP) is -0.721. The molecule has 0 bridgehead atoms. The van der Waals surface area contributed by atoms with Gasteiger partial charge >= 0.3 is 18.0 Å². The summed E-state index contributed by atoms with van der Waals surface area (Å²) in [7, 11) is 1.24. The first kappa shape index (κ1) is 14.8. The summed E-state index contributed by atoms with van der Waals surface area (Å²) in [6.07, 6.45) is 5.02. The van der Waals surface area contributed by atoms with E-state index in [2.05, 4.69) is 16.0 Å². The minimum Gasteiger partial charge on any atom is -0.480 e. The van der Waals surface area contributed by atoms with Crippen LogP contribution in [0.25, 0.3) is 0 Å². The molecule has 0 aromatic rings. The quantitative estimate of drug-likeness (QED) is 0.473. The van der Waals surface area contributed by atoms with Gasteiger partial charge in [-0.25, -0.2) is 4.79 Å².